The SMILES string of the molecule is O=C(Nc1ccccc1)C1CCCN(C(=O)Cn2cnnn2)C1. The lowest BCUT2D eigenvalue weighted by atomic mass is 9.97. The minimum absolute atomic E-state index is 0.0453. The van der Waals surface area contributed by atoms with E-state index in [1.54, 1.807) is 4.90 Å². The number of aromatic nitrogens is 4. The number of para-hydroxylation sites is 1. The molecular formula is C15H18N6O2. The van der Waals surface area contributed by atoms with Gasteiger partial charge in [-0.25, -0.2) is 4.68 Å². The Labute approximate surface area is 133 Å². The standard InChI is InChI=1S/C15H18N6O2/c22-14(10-21-11-16-18-19-21)20-8-4-5-12(9-20)15(23)17-13-6-2-1-3-7-13/h1-3,6-7,11-12H,4-5,8-10H2,(H,17,23). The molecule has 0 radical (unpaired) electrons. The molecule has 2 amide bonds. The number of amides is 2. The summed E-state index contributed by atoms with van der Waals surface area (Å²) in [4.78, 5) is 26.3. The molecule has 1 aromatic carbocycles. The van der Waals surface area contributed by atoms with E-state index in [1.807, 2.05) is 30.3 Å². The van der Waals surface area contributed by atoms with Gasteiger partial charge in [0, 0.05) is 18.8 Å². The average Bonchev–Trinajstić information content (AvgIpc) is 3.09. The maximum absolute atomic E-state index is 12.4. The molecule has 3 rings (SSSR count). The molecule has 0 saturated carbocycles. The van der Waals surface area contributed by atoms with Crippen molar-refractivity contribution in [3.05, 3.63) is 36.7 Å². The van der Waals surface area contributed by atoms with Crippen LogP contribution in [0.25, 0.3) is 0 Å². The molecule has 1 N–H and O–H groups in total. The first-order valence-electron chi connectivity index (χ1n) is 7.57. The van der Waals surface area contributed by atoms with E-state index in [2.05, 4.69) is 20.8 Å². The minimum Gasteiger partial charge on any atom is -0.340 e. The summed E-state index contributed by atoms with van der Waals surface area (Å²) in [5, 5.41) is 13.6. The van der Waals surface area contributed by atoms with Gasteiger partial charge in [-0.15, -0.1) is 5.10 Å². The zero-order chi connectivity index (χ0) is 16.1. The van der Waals surface area contributed by atoms with Gasteiger partial charge in [0.15, 0.2) is 0 Å². The van der Waals surface area contributed by atoms with Crippen LogP contribution in [0.15, 0.2) is 36.7 Å². The van der Waals surface area contributed by atoms with Crippen LogP contribution >= 0.6 is 0 Å². The average molecular weight is 314 g/mol. The summed E-state index contributed by atoms with van der Waals surface area (Å²) in [6.07, 6.45) is 3.00. The molecule has 8 nitrogen and oxygen atoms in total. The zero-order valence-electron chi connectivity index (χ0n) is 12.6. The fraction of sp³-hybridized carbons (Fsp3) is 0.400. The number of rotatable bonds is 4. The van der Waals surface area contributed by atoms with Crippen molar-refractivity contribution in [3.63, 3.8) is 0 Å². The summed E-state index contributed by atoms with van der Waals surface area (Å²) in [5.74, 6) is -0.313. The summed E-state index contributed by atoms with van der Waals surface area (Å²) in [6.45, 7) is 1.19. The highest BCUT2D eigenvalue weighted by atomic mass is 16.2. The molecule has 0 aliphatic carbocycles. The Morgan fingerprint density at radius 1 is 1.26 bits per heavy atom. The maximum Gasteiger partial charge on any atom is 0.244 e. The summed E-state index contributed by atoms with van der Waals surface area (Å²) < 4.78 is 1.38. The molecule has 0 bridgehead atoms. The molecule has 1 atom stereocenters. The van der Waals surface area contributed by atoms with E-state index < -0.39 is 0 Å². The van der Waals surface area contributed by atoms with Gasteiger partial charge in [-0.2, -0.15) is 0 Å². The third-order valence-electron chi connectivity index (χ3n) is 3.87. The molecule has 8 heteroatoms. The highest BCUT2D eigenvalue weighted by Gasteiger charge is 2.28. The monoisotopic (exact) mass is 314 g/mol. The van der Waals surface area contributed by atoms with E-state index in [0.717, 1.165) is 18.5 Å². The molecule has 0 spiro atoms. The second-order valence-corrected chi connectivity index (χ2v) is 5.54. The fourth-order valence-electron chi connectivity index (χ4n) is 2.67. The lowest BCUT2D eigenvalue weighted by Crippen LogP contribution is -2.45. The van der Waals surface area contributed by atoms with Crippen LogP contribution in [0.2, 0.25) is 0 Å². The molecule has 1 aliphatic heterocycles. The first kappa shape index (κ1) is 15.1. The molecule has 1 aliphatic rings. The Morgan fingerprint density at radius 2 is 2.09 bits per heavy atom. The highest BCUT2D eigenvalue weighted by Crippen LogP contribution is 2.19. The molecule has 1 fully saturated rings. The lowest BCUT2D eigenvalue weighted by Gasteiger charge is -2.32. The number of carbonyl (C=O) groups excluding carboxylic acids is 2. The topological polar surface area (TPSA) is 93.0 Å². The predicted molar refractivity (Wildman–Crippen MR) is 82.2 cm³/mol. The normalized spacial score (nSPS) is 17.7. The first-order valence-corrected chi connectivity index (χ1v) is 7.57. The van der Waals surface area contributed by atoms with Crippen molar-refractivity contribution >= 4 is 17.5 Å². The van der Waals surface area contributed by atoms with Gasteiger partial charge in [0.2, 0.25) is 11.8 Å². The highest BCUT2D eigenvalue weighted by molar-refractivity contribution is 5.93. The van der Waals surface area contributed by atoms with E-state index in [9.17, 15) is 9.59 Å². The van der Waals surface area contributed by atoms with E-state index >= 15 is 0 Å². The number of tetrazole rings is 1. The van der Waals surface area contributed by atoms with E-state index in [4.69, 9.17) is 0 Å². The van der Waals surface area contributed by atoms with Crippen molar-refractivity contribution in [2.75, 3.05) is 18.4 Å². The number of hydrogen-bond acceptors (Lipinski definition) is 5. The second kappa shape index (κ2) is 6.99. The van der Waals surface area contributed by atoms with Gasteiger partial charge in [0.25, 0.3) is 0 Å². The van der Waals surface area contributed by atoms with Crippen molar-refractivity contribution < 1.29 is 9.59 Å². The number of carbonyl (C=O) groups is 2. The van der Waals surface area contributed by atoms with Gasteiger partial charge in [-0.05, 0) is 35.4 Å². The summed E-state index contributed by atoms with van der Waals surface area (Å²) in [7, 11) is 0. The smallest absolute Gasteiger partial charge is 0.244 e. The Kier molecular flexibility index (Phi) is 4.60. The Morgan fingerprint density at radius 3 is 2.83 bits per heavy atom. The molecule has 1 unspecified atom stereocenters. The molecule has 120 valence electrons. The molecule has 2 heterocycles. The maximum atomic E-state index is 12.4. The number of nitrogens with one attached hydrogen (secondary N) is 1. The number of benzene rings is 1. The quantitative estimate of drug-likeness (QED) is 0.889. The van der Waals surface area contributed by atoms with Gasteiger partial charge < -0.3 is 10.2 Å². The Bertz CT molecular complexity index is 658. The molecule has 1 aromatic heterocycles. The van der Waals surface area contributed by atoms with Crippen LogP contribution in [0.4, 0.5) is 5.69 Å². The summed E-state index contributed by atoms with van der Waals surface area (Å²) in [5.41, 5.74) is 0.773. The van der Waals surface area contributed by atoms with Crippen LogP contribution in [-0.4, -0.2) is 50.0 Å². The minimum atomic E-state index is -0.193. The van der Waals surface area contributed by atoms with Crippen molar-refractivity contribution in [1.82, 2.24) is 25.1 Å². The van der Waals surface area contributed by atoms with Crippen molar-refractivity contribution in [3.8, 4) is 0 Å². The number of hydrogen-bond donors (Lipinski definition) is 1. The molecule has 2 aromatic rings. The number of piperidine rings is 1. The van der Waals surface area contributed by atoms with Crippen molar-refractivity contribution in [2.45, 2.75) is 19.4 Å². The summed E-state index contributed by atoms with van der Waals surface area (Å²) in [6, 6.07) is 9.34. The first-order chi connectivity index (χ1) is 11.2. The largest absolute Gasteiger partial charge is 0.340 e. The van der Waals surface area contributed by atoms with Gasteiger partial charge in [0.1, 0.15) is 12.9 Å². The van der Waals surface area contributed by atoms with Crippen LogP contribution in [0.5, 0.6) is 0 Å². The number of nitrogens with zero attached hydrogens (tertiary/aromatic N) is 5. The third kappa shape index (κ3) is 3.91. The molecule has 1 saturated heterocycles. The van der Waals surface area contributed by atoms with Gasteiger partial charge in [-0.3, -0.25) is 9.59 Å². The Hall–Kier alpha value is -2.77. The predicted octanol–water partition coefficient (Wildman–Crippen LogP) is 0.550. The van der Waals surface area contributed by atoms with Crippen LogP contribution in [0.3, 0.4) is 0 Å². The van der Waals surface area contributed by atoms with Crippen LogP contribution in [0, 0.1) is 5.92 Å². The van der Waals surface area contributed by atoms with Gasteiger partial charge in [0.05, 0.1) is 5.92 Å². The van der Waals surface area contributed by atoms with E-state index in [-0.39, 0.29) is 24.3 Å². The lowest BCUT2D eigenvalue weighted by molar-refractivity contribution is -0.135. The Balaban J connectivity index is 1.57. The van der Waals surface area contributed by atoms with Crippen LogP contribution in [0.1, 0.15) is 12.8 Å². The number of likely N-dealkylation sites (tertiary alicyclic amines) is 1. The number of anilines is 1. The zero-order valence-corrected chi connectivity index (χ0v) is 12.6. The van der Waals surface area contributed by atoms with Crippen molar-refractivity contribution in [2.24, 2.45) is 5.92 Å². The molecule has 23 heavy (non-hydrogen) atoms. The van der Waals surface area contributed by atoms with E-state index in [1.165, 1.54) is 11.0 Å². The summed E-state index contributed by atoms with van der Waals surface area (Å²) >= 11 is 0. The van der Waals surface area contributed by atoms with Crippen LogP contribution < -0.4 is 5.32 Å². The fourth-order valence-corrected chi connectivity index (χ4v) is 2.67. The van der Waals surface area contributed by atoms with Gasteiger partial charge in [-0.1, -0.05) is 18.2 Å². The van der Waals surface area contributed by atoms with Crippen molar-refractivity contribution in [1.29, 1.82) is 0 Å². The van der Waals surface area contributed by atoms with Gasteiger partial charge >= 0.3 is 0 Å². The molecular weight excluding hydrogens is 296 g/mol. The van der Waals surface area contributed by atoms with E-state index in [0.29, 0.717) is 13.1 Å². The van der Waals surface area contributed by atoms with Crippen LogP contribution in [-0.2, 0) is 16.1 Å². The third-order valence-corrected chi connectivity index (χ3v) is 3.87. The second-order valence-electron chi connectivity index (χ2n) is 5.54.